The minimum atomic E-state index is -0.998. The van der Waals surface area contributed by atoms with Crippen LogP contribution in [-0.4, -0.2) is 60.3 Å². The SMILES string of the molecule is NC(N)=NCCC[C@](Cc1ccccc1)(NN1CCC1)C(=O)C(=O)[C@@H]1CCCN1. The Bertz CT molecular complexity index is 724. The molecule has 0 aromatic heterocycles. The molecule has 6 N–H and O–H groups in total. The van der Waals surface area contributed by atoms with E-state index in [9.17, 15) is 9.59 Å². The van der Waals surface area contributed by atoms with Gasteiger partial charge in [-0.25, -0.2) is 10.4 Å². The van der Waals surface area contributed by atoms with E-state index in [2.05, 4.69) is 15.7 Å². The molecule has 0 spiro atoms. The Kier molecular flexibility index (Phi) is 7.35. The number of hydrogen-bond acceptors (Lipinski definition) is 6. The fourth-order valence-corrected chi connectivity index (χ4v) is 3.99. The summed E-state index contributed by atoms with van der Waals surface area (Å²) in [5.41, 5.74) is 14.3. The highest BCUT2D eigenvalue weighted by molar-refractivity contribution is 6.42. The lowest BCUT2D eigenvalue weighted by Crippen LogP contribution is -2.66. The fraction of sp³-hybridized carbons (Fsp3) is 0.571. The second-order valence-electron chi connectivity index (χ2n) is 7.95. The quantitative estimate of drug-likeness (QED) is 0.180. The molecule has 0 saturated carbocycles. The average molecular weight is 401 g/mol. The summed E-state index contributed by atoms with van der Waals surface area (Å²) in [4.78, 5) is 30.7. The van der Waals surface area contributed by atoms with Crippen LogP contribution in [0.15, 0.2) is 35.3 Å². The smallest absolute Gasteiger partial charge is 0.221 e. The number of hydrogen-bond donors (Lipinski definition) is 4. The third-order valence-electron chi connectivity index (χ3n) is 5.67. The van der Waals surface area contributed by atoms with Crippen LogP contribution in [0, 0.1) is 0 Å². The lowest BCUT2D eigenvalue weighted by Gasteiger charge is -2.42. The van der Waals surface area contributed by atoms with Gasteiger partial charge < -0.3 is 16.8 Å². The van der Waals surface area contributed by atoms with Crippen LogP contribution in [0.1, 0.15) is 37.7 Å². The van der Waals surface area contributed by atoms with Crippen molar-refractivity contribution in [2.75, 3.05) is 26.2 Å². The van der Waals surface area contributed by atoms with Crippen molar-refractivity contribution in [2.45, 2.75) is 50.1 Å². The highest BCUT2D eigenvalue weighted by atomic mass is 16.2. The predicted molar refractivity (Wildman–Crippen MR) is 113 cm³/mol. The molecule has 158 valence electrons. The van der Waals surface area contributed by atoms with Gasteiger partial charge >= 0.3 is 0 Å². The van der Waals surface area contributed by atoms with Crippen molar-refractivity contribution in [1.29, 1.82) is 0 Å². The van der Waals surface area contributed by atoms with Gasteiger partial charge in [0.2, 0.25) is 11.6 Å². The van der Waals surface area contributed by atoms with Gasteiger partial charge in [-0.2, -0.15) is 0 Å². The summed E-state index contributed by atoms with van der Waals surface area (Å²) in [7, 11) is 0. The zero-order chi connectivity index (χ0) is 20.7. The first-order chi connectivity index (χ1) is 14.0. The number of nitrogens with two attached hydrogens (primary N) is 2. The Morgan fingerprint density at radius 2 is 1.97 bits per heavy atom. The maximum atomic E-state index is 13.6. The van der Waals surface area contributed by atoms with E-state index < -0.39 is 5.54 Å². The predicted octanol–water partition coefficient (Wildman–Crippen LogP) is 0.122. The lowest BCUT2D eigenvalue weighted by atomic mass is 9.79. The second kappa shape index (κ2) is 9.96. The van der Waals surface area contributed by atoms with E-state index in [0.717, 1.165) is 38.0 Å². The van der Waals surface area contributed by atoms with E-state index >= 15 is 0 Å². The molecule has 8 heteroatoms. The number of carbonyl (C=O) groups excluding carboxylic acids is 2. The van der Waals surface area contributed by atoms with Gasteiger partial charge in [-0.15, -0.1) is 0 Å². The van der Waals surface area contributed by atoms with Crippen LogP contribution in [0.5, 0.6) is 0 Å². The van der Waals surface area contributed by atoms with Crippen LogP contribution in [0.3, 0.4) is 0 Å². The number of hydrazine groups is 1. The Hall–Kier alpha value is -2.29. The van der Waals surface area contributed by atoms with Gasteiger partial charge in [-0.3, -0.25) is 14.6 Å². The van der Waals surface area contributed by atoms with Crippen molar-refractivity contribution in [3.05, 3.63) is 35.9 Å². The summed E-state index contributed by atoms with van der Waals surface area (Å²) in [6.45, 7) is 2.93. The number of rotatable bonds is 11. The molecule has 2 aliphatic heterocycles. The van der Waals surface area contributed by atoms with Gasteiger partial charge in [-0.1, -0.05) is 30.3 Å². The molecule has 0 bridgehead atoms. The Labute approximate surface area is 172 Å². The molecule has 0 amide bonds. The Morgan fingerprint density at radius 1 is 1.21 bits per heavy atom. The molecule has 8 nitrogen and oxygen atoms in total. The molecule has 2 aliphatic rings. The number of benzene rings is 1. The van der Waals surface area contributed by atoms with Crippen LogP contribution in [-0.2, 0) is 16.0 Å². The van der Waals surface area contributed by atoms with Gasteiger partial charge in [0, 0.05) is 19.6 Å². The summed E-state index contributed by atoms with van der Waals surface area (Å²) in [6, 6.07) is 9.46. The lowest BCUT2D eigenvalue weighted by molar-refractivity contribution is -0.144. The van der Waals surface area contributed by atoms with Crippen molar-refractivity contribution in [3.8, 4) is 0 Å². The van der Waals surface area contributed by atoms with Crippen LogP contribution in [0.4, 0.5) is 0 Å². The molecular formula is C21H32N6O2. The topological polar surface area (TPSA) is 126 Å². The van der Waals surface area contributed by atoms with Crippen LogP contribution >= 0.6 is 0 Å². The third-order valence-corrected chi connectivity index (χ3v) is 5.67. The van der Waals surface area contributed by atoms with Crippen LogP contribution in [0.25, 0.3) is 0 Å². The highest BCUT2D eigenvalue weighted by Crippen LogP contribution is 2.25. The number of Topliss-reactive ketones (excluding diaryl/α,β-unsaturated/α-hetero) is 2. The molecule has 29 heavy (non-hydrogen) atoms. The zero-order valence-corrected chi connectivity index (χ0v) is 16.9. The molecule has 1 aromatic rings. The van der Waals surface area contributed by atoms with E-state index in [1.165, 1.54) is 0 Å². The van der Waals surface area contributed by atoms with E-state index in [4.69, 9.17) is 11.5 Å². The first kappa shape index (κ1) is 21.4. The Morgan fingerprint density at radius 3 is 2.55 bits per heavy atom. The molecule has 2 atom stereocenters. The number of guanidine groups is 1. The van der Waals surface area contributed by atoms with Gasteiger partial charge in [0.1, 0.15) is 5.54 Å². The molecule has 1 aromatic carbocycles. The molecule has 2 fully saturated rings. The number of aliphatic imine (C=N–C) groups is 1. The number of ketones is 2. The van der Waals surface area contributed by atoms with E-state index in [0.29, 0.717) is 32.2 Å². The molecule has 0 unspecified atom stereocenters. The first-order valence-corrected chi connectivity index (χ1v) is 10.4. The number of carbonyl (C=O) groups is 2. The van der Waals surface area contributed by atoms with Crippen molar-refractivity contribution in [1.82, 2.24) is 15.8 Å². The summed E-state index contributed by atoms with van der Waals surface area (Å²) in [6.07, 6.45) is 4.23. The van der Waals surface area contributed by atoms with E-state index in [1.807, 2.05) is 35.3 Å². The number of nitrogens with zero attached hydrogens (tertiary/aromatic N) is 2. The molecule has 2 saturated heterocycles. The summed E-state index contributed by atoms with van der Waals surface area (Å²) in [5.74, 6) is -0.641. The summed E-state index contributed by atoms with van der Waals surface area (Å²) < 4.78 is 0. The van der Waals surface area contributed by atoms with Crippen molar-refractivity contribution in [2.24, 2.45) is 16.5 Å². The van der Waals surface area contributed by atoms with Crippen molar-refractivity contribution in [3.63, 3.8) is 0 Å². The van der Waals surface area contributed by atoms with E-state index in [1.54, 1.807) is 0 Å². The van der Waals surface area contributed by atoms with Gasteiger partial charge in [0.25, 0.3) is 0 Å². The number of nitrogens with one attached hydrogen (secondary N) is 2. The molecular weight excluding hydrogens is 368 g/mol. The van der Waals surface area contributed by atoms with Crippen molar-refractivity contribution >= 4 is 17.5 Å². The van der Waals surface area contributed by atoms with Crippen LogP contribution < -0.4 is 22.2 Å². The summed E-state index contributed by atoms with van der Waals surface area (Å²) in [5, 5.41) is 5.21. The monoisotopic (exact) mass is 400 g/mol. The maximum Gasteiger partial charge on any atom is 0.221 e. The first-order valence-electron chi connectivity index (χ1n) is 10.4. The highest BCUT2D eigenvalue weighted by Gasteiger charge is 2.45. The van der Waals surface area contributed by atoms with Crippen molar-refractivity contribution < 1.29 is 9.59 Å². The third kappa shape index (κ3) is 5.62. The van der Waals surface area contributed by atoms with E-state index in [-0.39, 0.29) is 23.6 Å². The standard InChI is InChI=1S/C21H32N6O2/c22-20(23)25-12-5-10-21(26-27-13-6-14-27,15-16-7-2-1-3-8-16)19(29)18(28)17-9-4-11-24-17/h1-3,7-8,17,24,26H,4-6,9-15H2,(H4,22,23,25)/t17-,21+/m0/s1. The van der Waals surface area contributed by atoms with Crippen LogP contribution in [0.2, 0.25) is 0 Å². The minimum absolute atomic E-state index is 0.0342. The summed E-state index contributed by atoms with van der Waals surface area (Å²) >= 11 is 0. The van der Waals surface area contributed by atoms with Gasteiger partial charge in [0.15, 0.2) is 5.96 Å². The molecule has 3 rings (SSSR count). The average Bonchev–Trinajstić information content (AvgIpc) is 3.22. The molecule has 0 radical (unpaired) electrons. The zero-order valence-electron chi connectivity index (χ0n) is 16.9. The van der Waals surface area contributed by atoms with Gasteiger partial charge in [-0.05, 0) is 50.6 Å². The fourth-order valence-electron chi connectivity index (χ4n) is 3.99. The Balaban J connectivity index is 1.86. The largest absolute Gasteiger partial charge is 0.370 e. The van der Waals surface area contributed by atoms with Gasteiger partial charge in [0.05, 0.1) is 6.04 Å². The molecule has 2 heterocycles. The maximum absolute atomic E-state index is 13.6. The second-order valence-corrected chi connectivity index (χ2v) is 7.95. The minimum Gasteiger partial charge on any atom is -0.370 e. The molecule has 0 aliphatic carbocycles. The normalized spacial score (nSPS) is 21.2.